The minimum Gasteiger partial charge on any atom is -0.328 e. The molecule has 1 aromatic carbocycles. The fraction of sp³-hybridized carbons (Fsp3) is 0.0667. The van der Waals surface area contributed by atoms with Gasteiger partial charge in [0.25, 0.3) is 11.5 Å². The fourth-order valence-electron chi connectivity index (χ4n) is 1.67. The summed E-state index contributed by atoms with van der Waals surface area (Å²) in [6.45, 7) is 0.193. The second-order valence-electron chi connectivity index (χ2n) is 4.06. The van der Waals surface area contributed by atoms with Gasteiger partial charge in [-0.3, -0.25) is 9.59 Å². The molecule has 6 heteroatoms. The summed E-state index contributed by atoms with van der Waals surface area (Å²) in [5.74, 6) is 5.00. The van der Waals surface area contributed by atoms with Crippen molar-refractivity contribution in [3.8, 4) is 11.8 Å². The standard InChI is InChI=1S/C15H12ClN3O2/c16-11-5-6-13(10(9-11)3-1-7-17)19-15(21)12-4-2-8-18-14(12)20/h2,4-6,8-9H,7,17H2,(H,18,20)(H,19,21). The van der Waals surface area contributed by atoms with E-state index in [1.165, 1.54) is 12.3 Å². The molecule has 0 saturated carbocycles. The predicted octanol–water partition coefficient (Wildman–Crippen LogP) is 1.59. The molecule has 0 aliphatic carbocycles. The molecule has 1 amide bonds. The van der Waals surface area contributed by atoms with E-state index in [1.54, 1.807) is 24.3 Å². The maximum absolute atomic E-state index is 12.1. The number of H-pyrrole nitrogens is 1. The van der Waals surface area contributed by atoms with Gasteiger partial charge in [0.2, 0.25) is 0 Å². The quantitative estimate of drug-likeness (QED) is 0.736. The van der Waals surface area contributed by atoms with Crippen molar-refractivity contribution in [2.75, 3.05) is 11.9 Å². The normalized spacial score (nSPS) is 9.62. The first-order chi connectivity index (χ1) is 10.1. The van der Waals surface area contributed by atoms with Crippen LogP contribution in [-0.4, -0.2) is 17.4 Å². The Morgan fingerprint density at radius 3 is 2.90 bits per heavy atom. The minimum atomic E-state index is -0.519. The third-order valence-electron chi connectivity index (χ3n) is 2.62. The van der Waals surface area contributed by atoms with Gasteiger partial charge in [-0.05, 0) is 30.3 Å². The van der Waals surface area contributed by atoms with Crippen LogP contribution in [0.2, 0.25) is 5.02 Å². The van der Waals surface area contributed by atoms with Crippen LogP contribution in [0.1, 0.15) is 15.9 Å². The molecule has 1 aromatic heterocycles. The van der Waals surface area contributed by atoms with E-state index in [4.69, 9.17) is 17.3 Å². The van der Waals surface area contributed by atoms with E-state index in [-0.39, 0.29) is 12.1 Å². The average molecular weight is 302 g/mol. The van der Waals surface area contributed by atoms with Crippen molar-refractivity contribution >= 4 is 23.2 Å². The molecule has 0 saturated heterocycles. The fourth-order valence-corrected chi connectivity index (χ4v) is 1.84. The van der Waals surface area contributed by atoms with E-state index in [2.05, 4.69) is 22.1 Å². The number of carbonyl (C=O) groups excluding carboxylic acids is 1. The van der Waals surface area contributed by atoms with Crippen LogP contribution in [0.15, 0.2) is 41.3 Å². The molecule has 0 aliphatic heterocycles. The summed E-state index contributed by atoms with van der Waals surface area (Å²) in [6.07, 6.45) is 1.46. The second-order valence-corrected chi connectivity index (χ2v) is 4.50. The summed E-state index contributed by atoms with van der Waals surface area (Å²) >= 11 is 5.91. The number of hydrogen-bond donors (Lipinski definition) is 3. The third kappa shape index (κ3) is 3.72. The number of nitrogens with two attached hydrogens (primary N) is 1. The minimum absolute atomic E-state index is 0.0187. The molecular formula is C15H12ClN3O2. The summed E-state index contributed by atoms with van der Waals surface area (Å²) in [5, 5.41) is 3.14. The molecule has 1 heterocycles. The molecule has 106 valence electrons. The van der Waals surface area contributed by atoms with Crippen LogP contribution < -0.4 is 16.6 Å². The highest BCUT2D eigenvalue weighted by Crippen LogP contribution is 2.20. The molecule has 5 nitrogen and oxygen atoms in total. The SMILES string of the molecule is NCC#Cc1cc(Cl)ccc1NC(=O)c1ccc[nH]c1=O. The number of hydrogen-bond acceptors (Lipinski definition) is 3. The molecule has 2 rings (SSSR count). The van der Waals surface area contributed by atoms with Crippen molar-refractivity contribution in [1.29, 1.82) is 0 Å². The van der Waals surface area contributed by atoms with Crippen LogP contribution in [0.4, 0.5) is 5.69 Å². The Hall–Kier alpha value is -2.55. The van der Waals surface area contributed by atoms with Crippen LogP contribution in [0.3, 0.4) is 0 Å². The number of nitrogens with one attached hydrogen (secondary N) is 2. The van der Waals surface area contributed by atoms with Crippen LogP contribution in [0.25, 0.3) is 0 Å². The summed E-state index contributed by atoms with van der Waals surface area (Å²) in [5.41, 5.74) is 5.90. The van der Waals surface area contributed by atoms with Gasteiger partial charge >= 0.3 is 0 Å². The number of aromatic nitrogens is 1. The Morgan fingerprint density at radius 1 is 1.38 bits per heavy atom. The number of rotatable bonds is 2. The summed E-state index contributed by atoms with van der Waals surface area (Å²) < 4.78 is 0. The Labute approximate surface area is 126 Å². The van der Waals surface area contributed by atoms with Crippen molar-refractivity contribution in [2.24, 2.45) is 5.73 Å². The highest BCUT2D eigenvalue weighted by Gasteiger charge is 2.11. The van der Waals surface area contributed by atoms with Gasteiger partial charge in [-0.15, -0.1) is 0 Å². The number of benzene rings is 1. The first-order valence-corrected chi connectivity index (χ1v) is 6.47. The lowest BCUT2D eigenvalue weighted by atomic mass is 10.1. The Bertz CT molecular complexity index is 787. The molecule has 2 aromatic rings. The first kappa shape index (κ1) is 14.9. The smallest absolute Gasteiger partial charge is 0.261 e. The highest BCUT2D eigenvalue weighted by molar-refractivity contribution is 6.30. The molecule has 0 spiro atoms. The highest BCUT2D eigenvalue weighted by atomic mass is 35.5. The maximum Gasteiger partial charge on any atom is 0.261 e. The lowest BCUT2D eigenvalue weighted by Crippen LogP contribution is -2.22. The maximum atomic E-state index is 12.1. The van der Waals surface area contributed by atoms with Crippen LogP contribution in [0.5, 0.6) is 0 Å². The van der Waals surface area contributed by atoms with E-state index in [0.717, 1.165) is 0 Å². The zero-order valence-electron chi connectivity index (χ0n) is 10.9. The molecule has 0 unspecified atom stereocenters. The van der Waals surface area contributed by atoms with E-state index in [0.29, 0.717) is 16.3 Å². The van der Waals surface area contributed by atoms with E-state index >= 15 is 0 Å². The molecule has 0 atom stereocenters. The van der Waals surface area contributed by atoms with Crippen molar-refractivity contribution < 1.29 is 4.79 Å². The molecule has 21 heavy (non-hydrogen) atoms. The number of anilines is 1. The number of halogens is 1. The molecule has 0 aliphatic rings. The average Bonchev–Trinajstić information content (AvgIpc) is 2.47. The topological polar surface area (TPSA) is 88.0 Å². The van der Waals surface area contributed by atoms with Crippen molar-refractivity contribution in [2.45, 2.75) is 0 Å². The number of aromatic amines is 1. The molecular weight excluding hydrogens is 290 g/mol. The van der Waals surface area contributed by atoms with E-state index in [9.17, 15) is 9.59 Å². The Kier molecular flexibility index (Phi) is 4.77. The van der Waals surface area contributed by atoms with Gasteiger partial charge in [-0.2, -0.15) is 0 Å². The van der Waals surface area contributed by atoms with Gasteiger partial charge < -0.3 is 16.0 Å². The number of amides is 1. The number of pyridine rings is 1. The van der Waals surface area contributed by atoms with Crippen molar-refractivity contribution in [3.63, 3.8) is 0 Å². The lowest BCUT2D eigenvalue weighted by Gasteiger charge is -2.07. The van der Waals surface area contributed by atoms with Crippen molar-refractivity contribution in [1.82, 2.24) is 4.98 Å². The molecule has 0 radical (unpaired) electrons. The largest absolute Gasteiger partial charge is 0.328 e. The summed E-state index contributed by atoms with van der Waals surface area (Å²) in [6, 6.07) is 7.88. The summed E-state index contributed by atoms with van der Waals surface area (Å²) in [7, 11) is 0. The third-order valence-corrected chi connectivity index (χ3v) is 2.85. The predicted molar refractivity (Wildman–Crippen MR) is 82.4 cm³/mol. The molecule has 0 bridgehead atoms. The summed E-state index contributed by atoms with van der Waals surface area (Å²) in [4.78, 5) is 26.1. The number of carbonyl (C=O) groups is 1. The van der Waals surface area contributed by atoms with Gasteiger partial charge in [-0.25, -0.2) is 0 Å². The second kappa shape index (κ2) is 6.75. The monoisotopic (exact) mass is 301 g/mol. The van der Waals surface area contributed by atoms with E-state index in [1.807, 2.05) is 0 Å². The van der Waals surface area contributed by atoms with Gasteiger partial charge in [0.05, 0.1) is 12.2 Å². The zero-order valence-corrected chi connectivity index (χ0v) is 11.7. The van der Waals surface area contributed by atoms with Crippen molar-refractivity contribution in [3.05, 3.63) is 63.0 Å². The van der Waals surface area contributed by atoms with Gasteiger partial charge in [0.15, 0.2) is 0 Å². The van der Waals surface area contributed by atoms with E-state index < -0.39 is 11.5 Å². The first-order valence-electron chi connectivity index (χ1n) is 6.09. The van der Waals surface area contributed by atoms with Gasteiger partial charge in [0.1, 0.15) is 5.56 Å². The van der Waals surface area contributed by atoms with Crippen LogP contribution >= 0.6 is 11.6 Å². The molecule has 0 fully saturated rings. The van der Waals surface area contributed by atoms with Gasteiger partial charge in [0, 0.05) is 16.8 Å². The Balaban J connectivity index is 2.33. The molecule has 4 N–H and O–H groups in total. The Morgan fingerprint density at radius 2 is 2.19 bits per heavy atom. The van der Waals surface area contributed by atoms with Crippen LogP contribution in [-0.2, 0) is 0 Å². The zero-order chi connectivity index (χ0) is 15.2. The van der Waals surface area contributed by atoms with Gasteiger partial charge in [-0.1, -0.05) is 23.4 Å². The lowest BCUT2D eigenvalue weighted by molar-refractivity contribution is 0.102. The van der Waals surface area contributed by atoms with Crippen LogP contribution in [0, 0.1) is 11.8 Å².